The molecule has 1 aliphatic heterocycles. The number of rotatable bonds is 1. The largest absolute Gasteiger partial charge is 0.388 e. The fraction of sp³-hybridized carbons (Fsp3) is 1.00. The van der Waals surface area contributed by atoms with Gasteiger partial charge in [0.25, 0.3) is 0 Å². The Bertz CT molecular complexity index is 140. The summed E-state index contributed by atoms with van der Waals surface area (Å²) in [4.78, 5) is 2.23. The van der Waals surface area contributed by atoms with Crippen LogP contribution in [0.25, 0.3) is 0 Å². The maximum atomic E-state index is 9.91. The summed E-state index contributed by atoms with van der Waals surface area (Å²) in [6, 6.07) is 0. The van der Waals surface area contributed by atoms with Crippen molar-refractivity contribution in [2.24, 2.45) is 11.7 Å². The number of piperidine rings is 1. The number of hydrogen-bond donors (Lipinski definition) is 2. The summed E-state index contributed by atoms with van der Waals surface area (Å²) in [6.07, 6.45) is 0.807. The van der Waals surface area contributed by atoms with Gasteiger partial charge in [-0.2, -0.15) is 0 Å². The first kappa shape index (κ1) is 8.97. The highest BCUT2D eigenvalue weighted by Gasteiger charge is 2.36. The normalized spacial score (nSPS) is 40.9. The minimum absolute atomic E-state index is 0.297. The Morgan fingerprint density at radius 1 is 1.73 bits per heavy atom. The van der Waals surface area contributed by atoms with Crippen LogP contribution in [0.3, 0.4) is 0 Å². The van der Waals surface area contributed by atoms with Crippen molar-refractivity contribution in [1.82, 2.24) is 4.90 Å². The molecule has 0 radical (unpaired) electrons. The van der Waals surface area contributed by atoms with Crippen LogP contribution in [0.15, 0.2) is 0 Å². The van der Waals surface area contributed by atoms with Gasteiger partial charge in [-0.1, -0.05) is 6.92 Å². The van der Waals surface area contributed by atoms with E-state index in [9.17, 15) is 5.11 Å². The van der Waals surface area contributed by atoms with Crippen LogP contribution in [0.1, 0.15) is 13.3 Å². The second kappa shape index (κ2) is 3.09. The van der Waals surface area contributed by atoms with Gasteiger partial charge in [0, 0.05) is 19.6 Å². The molecule has 1 fully saturated rings. The van der Waals surface area contributed by atoms with Gasteiger partial charge >= 0.3 is 0 Å². The van der Waals surface area contributed by atoms with Gasteiger partial charge in [-0.3, -0.25) is 0 Å². The molecule has 66 valence electrons. The number of aliphatic hydroxyl groups is 1. The van der Waals surface area contributed by atoms with Crippen molar-refractivity contribution in [3.63, 3.8) is 0 Å². The predicted octanol–water partition coefficient (Wildman–Crippen LogP) is -0.352. The Morgan fingerprint density at radius 2 is 2.36 bits per heavy atom. The molecule has 0 aromatic heterocycles. The quantitative estimate of drug-likeness (QED) is 0.548. The van der Waals surface area contributed by atoms with E-state index in [0.717, 1.165) is 19.5 Å². The molecule has 1 aliphatic rings. The smallest absolute Gasteiger partial charge is 0.0819 e. The first-order valence-electron chi connectivity index (χ1n) is 4.19. The van der Waals surface area contributed by atoms with Crippen molar-refractivity contribution in [3.05, 3.63) is 0 Å². The molecule has 0 aromatic carbocycles. The number of nitrogens with zero attached hydrogens (tertiary/aromatic N) is 1. The molecule has 0 aromatic rings. The lowest BCUT2D eigenvalue weighted by Gasteiger charge is -2.41. The summed E-state index contributed by atoms with van der Waals surface area (Å²) < 4.78 is 0. The standard InChI is InChI=1S/C8H18N2O/c1-7-5-10(2)4-3-8(7,11)6-9/h7,11H,3-6,9H2,1-2H3. The highest BCUT2D eigenvalue weighted by atomic mass is 16.3. The molecule has 2 unspecified atom stereocenters. The zero-order valence-electron chi connectivity index (χ0n) is 7.38. The maximum absolute atomic E-state index is 9.91. The molecule has 0 spiro atoms. The van der Waals surface area contributed by atoms with Crippen LogP contribution in [0.5, 0.6) is 0 Å². The number of hydrogen-bond acceptors (Lipinski definition) is 3. The molecule has 0 aliphatic carbocycles. The second-order valence-corrected chi connectivity index (χ2v) is 3.72. The van der Waals surface area contributed by atoms with Gasteiger partial charge in [-0.15, -0.1) is 0 Å². The average molecular weight is 158 g/mol. The summed E-state index contributed by atoms with van der Waals surface area (Å²) in [5.41, 5.74) is 4.90. The minimum atomic E-state index is -0.605. The lowest BCUT2D eigenvalue weighted by atomic mass is 9.82. The van der Waals surface area contributed by atoms with E-state index in [0.29, 0.717) is 12.5 Å². The summed E-state index contributed by atoms with van der Waals surface area (Å²) in [6.45, 7) is 4.36. The Morgan fingerprint density at radius 3 is 2.82 bits per heavy atom. The van der Waals surface area contributed by atoms with Crippen molar-refractivity contribution < 1.29 is 5.11 Å². The zero-order chi connectivity index (χ0) is 8.48. The molecule has 0 saturated carbocycles. The van der Waals surface area contributed by atoms with Crippen LogP contribution < -0.4 is 5.73 Å². The van der Waals surface area contributed by atoms with Crippen LogP contribution in [-0.2, 0) is 0 Å². The SMILES string of the molecule is CC1CN(C)CCC1(O)CN. The third-order valence-corrected chi connectivity index (χ3v) is 2.78. The Kier molecular flexibility index (Phi) is 2.52. The second-order valence-electron chi connectivity index (χ2n) is 3.72. The van der Waals surface area contributed by atoms with Crippen molar-refractivity contribution in [2.75, 3.05) is 26.7 Å². The van der Waals surface area contributed by atoms with Gasteiger partial charge in [0.1, 0.15) is 0 Å². The van der Waals surface area contributed by atoms with E-state index in [1.54, 1.807) is 0 Å². The van der Waals surface area contributed by atoms with E-state index in [1.165, 1.54) is 0 Å². The molecule has 1 saturated heterocycles. The van der Waals surface area contributed by atoms with Crippen molar-refractivity contribution in [2.45, 2.75) is 18.9 Å². The maximum Gasteiger partial charge on any atom is 0.0819 e. The summed E-state index contributed by atoms with van der Waals surface area (Å²) >= 11 is 0. The molecule has 1 heterocycles. The monoisotopic (exact) mass is 158 g/mol. The predicted molar refractivity (Wildman–Crippen MR) is 45.3 cm³/mol. The van der Waals surface area contributed by atoms with Crippen LogP contribution in [0.2, 0.25) is 0 Å². The molecule has 2 atom stereocenters. The van der Waals surface area contributed by atoms with Gasteiger partial charge in [-0.05, 0) is 19.4 Å². The van der Waals surface area contributed by atoms with Crippen molar-refractivity contribution in [1.29, 1.82) is 0 Å². The molecule has 0 bridgehead atoms. The third-order valence-electron chi connectivity index (χ3n) is 2.78. The summed E-state index contributed by atoms with van der Waals surface area (Å²) in [5.74, 6) is 0.297. The Labute approximate surface area is 68.2 Å². The topological polar surface area (TPSA) is 49.5 Å². The Balaban J connectivity index is 2.56. The van der Waals surface area contributed by atoms with E-state index in [-0.39, 0.29) is 0 Å². The minimum Gasteiger partial charge on any atom is -0.388 e. The van der Waals surface area contributed by atoms with E-state index in [4.69, 9.17) is 5.73 Å². The van der Waals surface area contributed by atoms with Crippen molar-refractivity contribution >= 4 is 0 Å². The summed E-state index contributed by atoms with van der Waals surface area (Å²) in [7, 11) is 2.08. The molecule has 3 N–H and O–H groups in total. The molecule has 1 rings (SSSR count). The van der Waals surface area contributed by atoms with Gasteiger partial charge in [0.2, 0.25) is 0 Å². The molecule has 3 nitrogen and oxygen atoms in total. The number of nitrogens with two attached hydrogens (primary N) is 1. The fourth-order valence-corrected chi connectivity index (χ4v) is 1.66. The zero-order valence-corrected chi connectivity index (χ0v) is 7.38. The van der Waals surface area contributed by atoms with Crippen LogP contribution in [-0.4, -0.2) is 42.3 Å². The Hall–Kier alpha value is -0.120. The highest BCUT2D eigenvalue weighted by molar-refractivity contribution is 4.90. The lowest BCUT2D eigenvalue weighted by molar-refractivity contribution is -0.0523. The molecular weight excluding hydrogens is 140 g/mol. The van der Waals surface area contributed by atoms with Crippen LogP contribution >= 0.6 is 0 Å². The molecule has 3 heteroatoms. The first-order valence-corrected chi connectivity index (χ1v) is 4.19. The summed E-state index contributed by atoms with van der Waals surface area (Å²) in [5, 5.41) is 9.91. The molecule has 11 heavy (non-hydrogen) atoms. The van der Waals surface area contributed by atoms with Crippen molar-refractivity contribution in [3.8, 4) is 0 Å². The first-order chi connectivity index (χ1) is 5.08. The van der Waals surface area contributed by atoms with Gasteiger partial charge in [-0.25, -0.2) is 0 Å². The average Bonchev–Trinajstić information content (AvgIpc) is 1.98. The van der Waals surface area contributed by atoms with Gasteiger partial charge in [0.15, 0.2) is 0 Å². The van der Waals surface area contributed by atoms with E-state index >= 15 is 0 Å². The third kappa shape index (κ3) is 1.72. The van der Waals surface area contributed by atoms with E-state index in [1.807, 2.05) is 0 Å². The van der Waals surface area contributed by atoms with Crippen LogP contribution in [0.4, 0.5) is 0 Å². The van der Waals surface area contributed by atoms with Crippen LogP contribution in [0, 0.1) is 5.92 Å². The molecule has 0 amide bonds. The lowest BCUT2D eigenvalue weighted by Crippen LogP contribution is -2.53. The van der Waals surface area contributed by atoms with Gasteiger partial charge in [0.05, 0.1) is 5.60 Å². The number of likely N-dealkylation sites (tertiary alicyclic amines) is 1. The van der Waals surface area contributed by atoms with E-state index < -0.39 is 5.60 Å². The van der Waals surface area contributed by atoms with Gasteiger partial charge < -0.3 is 15.7 Å². The molecular formula is C8H18N2O. The highest BCUT2D eigenvalue weighted by Crippen LogP contribution is 2.25. The fourth-order valence-electron chi connectivity index (χ4n) is 1.66. The van der Waals surface area contributed by atoms with E-state index in [2.05, 4.69) is 18.9 Å².